The summed E-state index contributed by atoms with van der Waals surface area (Å²) in [4.78, 5) is 12.1. The molecule has 2 N–H and O–H groups in total. The number of hydrogen-bond donors (Lipinski definition) is 2. The third-order valence-corrected chi connectivity index (χ3v) is 4.66. The van der Waals surface area contributed by atoms with Gasteiger partial charge in [0.05, 0.1) is 24.8 Å². The quantitative estimate of drug-likeness (QED) is 0.745. The molecule has 0 aliphatic carbocycles. The molecule has 1 saturated heterocycles. The molecule has 25 heavy (non-hydrogen) atoms. The minimum atomic E-state index is -0.572. The van der Waals surface area contributed by atoms with Gasteiger partial charge in [0.1, 0.15) is 11.3 Å². The molecule has 0 radical (unpaired) electrons. The van der Waals surface area contributed by atoms with Gasteiger partial charge in [0.15, 0.2) is 11.5 Å². The Hall–Kier alpha value is -2.57. The van der Waals surface area contributed by atoms with Crippen molar-refractivity contribution in [3.05, 3.63) is 51.4 Å². The number of para-hydroxylation sites is 1. The Labute approximate surface area is 144 Å². The van der Waals surface area contributed by atoms with Crippen LogP contribution in [0.3, 0.4) is 0 Å². The van der Waals surface area contributed by atoms with Gasteiger partial charge in [-0.2, -0.15) is 0 Å². The van der Waals surface area contributed by atoms with E-state index in [0.29, 0.717) is 30.1 Å². The lowest BCUT2D eigenvalue weighted by molar-refractivity contribution is 0.0772. The smallest absolute Gasteiger partial charge is 0.343 e. The molecule has 130 valence electrons. The molecule has 1 unspecified atom stereocenters. The van der Waals surface area contributed by atoms with Gasteiger partial charge in [-0.25, -0.2) is 4.79 Å². The second-order valence-corrected chi connectivity index (χ2v) is 6.24. The van der Waals surface area contributed by atoms with Crippen molar-refractivity contribution >= 4 is 11.0 Å². The highest BCUT2D eigenvalue weighted by Crippen LogP contribution is 2.40. The van der Waals surface area contributed by atoms with Crippen molar-refractivity contribution in [3.8, 4) is 17.3 Å². The lowest BCUT2D eigenvalue weighted by Crippen LogP contribution is -2.34. The van der Waals surface area contributed by atoms with Gasteiger partial charge in [-0.05, 0) is 19.9 Å². The van der Waals surface area contributed by atoms with Crippen LogP contribution in [0.25, 0.3) is 22.5 Å². The van der Waals surface area contributed by atoms with Crippen LogP contribution in [0.2, 0.25) is 0 Å². The number of fused-ring (bicyclic) bond motifs is 1. The van der Waals surface area contributed by atoms with Crippen molar-refractivity contribution in [1.82, 2.24) is 5.32 Å². The Morgan fingerprint density at radius 1 is 1.12 bits per heavy atom. The third-order valence-electron chi connectivity index (χ3n) is 4.66. The molecular formula is C19H19NO5. The zero-order valence-electron chi connectivity index (χ0n) is 14.1. The van der Waals surface area contributed by atoms with Crippen molar-refractivity contribution in [2.24, 2.45) is 0 Å². The van der Waals surface area contributed by atoms with E-state index in [4.69, 9.17) is 13.6 Å². The van der Waals surface area contributed by atoms with Gasteiger partial charge in [0.2, 0.25) is 0 Å². The SMILES string of the molecule is Cc1c(-c2oc3ccccc3c2C2COCCN2)oc(=O)c(C)c1O. The van der Waals surface area contributed by atoms with E-state index in [0.717, 1.165) is 17.5 Å². The predicted molar refractivity (Wildman–Crippen MR) is 92.9 cm³/mol. The van der Waals surface area contributed by atoms with Crippen LogP contribution in [0, 0.1) is 13.8 Å². The fourth-order valence-corrected chi connectivity index (χ4v) is 3.28. The molecule has 1 aliphatic heterocycles. The summed E-state index contributed by atoms with van der Waals surface area (Å²) in [5, 5.41) is 14.6. The lowest BCUT2D eigenvalue weighted by Gasteiger charge is -2.24. The fourth-order valence-electron chi connectivity index (χ4n) is 3.28. The van der Waals surface area contributed by atoms with Crippen LogP contribution in [-0.2, 0) is 4.74 Å². The van der Waals surface area contributed by atoms with Gasteiger partial charge in [-0.3, -0.25) is 0 Å². The lowest BCUT2D eigenvalue weighted by atomic mass is 9.99. The number of hydrogen-bond acceptors (Lipinski definition) is 6. The number of morpholine rings is 1. The zero-order chi connectivity index (χ0) is 17.6. The number of aromatic hydroxyl groups is 1. The first-order valence-electron chi connectivity index (χ1n) is 8.24. The average molecular weight is 341 g/mol. The first-order chi connectivity index (χ1) is 12.1. The molecule has 1 atom stereocenters. The molecule has 3 heterocycles. The summed E-state index contributed by atoms with van der Waals surface area (Å²) < 4.78 is 17.1. The predicted octanol–water partition coefficient (Wildman–Crippen LogP) is 3.04. The van der Waals surface area contributed by atoms with Crippen molar-refractivity contribution in [2.75, 3.05) is 19.8 Å². The summed E-state index contributed by atoms with van der Waals surface area (Å²) in [6.07, 6.45) is 0. The number of benzene rings is 1. The third kappa shape index (κ3) is 2.54. The van der Waals surface area contributed by atoms with Gasteiger partial charge in [-0.15, -0.1) is 0 Å². The van der Waals surface area contributed by atoms with Gasteiger partial charge >= 0.3 is 5.63 Å². The van der Waals surface area contributed by atoms with E-state index in [1.807, 2.05) is 24.3 Å². The standard InChI is InChI=1S/C19H19NO5/c1-10-16(21)11(2)19(22)25-17(10)18-15(13-9-23-8-7-20-13)12-5-3-4-6-14(12)24-18/h3-6,13,20-21H,7-9H2,1-2H3. The van der Waals surface area contributed by atoms with Crippen LogP contribution < -0.4 is 10.9 Å². The largest absolute Gasteiger partial charge is 0.507 e. The Morgan fingerprint density at radius 3 is 2.68 bits per heavy atom. The second-order valence-electron chi connectivity index (χ2n) is 6.24. The minimum Gasteiger partial charge on any atom is -0.507 e. The van der Waals surface area contributed by atoms with Gasteiger partial charge in [-0.1, -0.05) is 18.2 Å². The minimum absolute atomic E-state index is 0.0643. The molecule has 3 aromatic rings. The first-order valence-corrected chi connectivity index (χ1v) is 8.24. The maximum atomic E-state index is 12.1. The maximum Gasteiger partial charge on any atom is 0.343 e. The van der Waals surface area contributed by atoms with Gasteiger partial charge in [0.25, 0.3) is 0 Å². The summed E-state index contributed by atoms with van der Waals surface area (Å²) in [6, 6.07) is 7.58. The van der Waals surface area contributed by atoms with Crippen LogP contribution in [0.4, 0.5) is 0 Å². The van der Waals surface area contributed by atoms with E-state index in [1.165, 1.54) is 6.92 Å². The van der Waals surface area contributed by atoms with Crippen molar-refractivity contribution in [2.45, 2.75) is 19.9 Å². The molecule has 1 aromatic carbocycles. The van der Waals surface area contributed by atoms with E-state index in [1.54, 1.807) is 6.92 Å². The number of rotatable bonds is 2. The molecule has 1 aliphatic rings. The molecular weight excluding hydrogens is 322 g/mol. The van der Waals surface area contributed by atoms with Gasteiger partial charge < -0.3 is 24.0 Å². The highest BCUT2D eigenvalue weighted by Gasteiger charge is 2.28. The molecule has 6 heteroatoms. The monoisotopic (exact) mass is 341 g/mol. The van der Waals surface area contributed by atoms with E-state index in [-0.39, 0.29) is 23.1 Å². The van der Waals surface area contributed by atoms with Crippen molar-refractivity contribution < 1.29 is 18.7 Å². The molecule has 0 bridgehead atoms. The first kappa shape index (κ1) is 15.9. The number of ether oxygens (including phenoxy) is 1. The van der Waals surface area contributed by atoms with E-state index in [9.17, 15) is 9.90 Å². The second kappa shape index (κ2) is 6.06. The number of furan rings is 1. The Morgan fingerprint density at radius 2 is 1.92 bits per heavy atom. The molecule has 0 spiro atoms. The van der Waals surface area contributed by atoms with Crippen LogP contribution in [0.5, 0.6) is 5.75 Å². The fraction of sp³-hybridized carbons (Fsp3) is 0.316. The Bertz CT molecular complexity index is 995. The van der Waals surface area contributed by atoms with Crippen molar-refractivity contribution in [3.63, 3.8) is 0 Å². The summed E-state index contributed by atoms with van der Waals surface area (Å²) in [5.41, 5.74) is 1.68. The highest BCUT2D eigenvalue weighted by atomic mass is 16.5. The Balaban J connectivity index is 2.01. The topological polar surface area (TPSA) is 84.8 Å². The summed E-state index contributed by atoms with van der Waals surface area (Å²) >= 11 is 0. The van der Waals surface area contributed by atoms with Gasteiger partial charge in [0, 0.05) is 23.1 Å². The number of nitrogens with one attached hydrogen (secondary N) is 1. The summed E-state index contributed by atoms with van der Waals surface area (Å²) in [5.74, 6) is 0.645. The van der Waals surface area contributed by atoms with Crippen molar-refractivity contribution in [1.29, 1.82) is 0 Å². The average Bonchev–Trinajstić information content (AvgIpc) is 3.03. The van der Waals surface area contributed by atoms with Crippen LogP contribution in [0.1, 0.15) is 22.7 Å². The van der Waals surface area contributed by atoms with Crippen LogP contribution in [0.15, 0.2) is 37.9 Å². The summed E-state index contributed by atoms with van der Waals surface area (Å²) in [6.45, 7) is 5.13. The molecule has 4 rings (SSSR count). The van der Waals surface area contributed by atoms with E-state index < -0.39 is 5.63 Å². The van der Waals surface area contributed by atoms with E-state index in [2.05, 4.69) is 5.32 Å². The van der Waals surface area contributed by atoms with Crippen LogP contribution >= 0.6 is 0 Å². The molecule has 1 fully saturated rings. The van der Waals surface area contributed by atoms with E-state index >= 15 is 0 Å². The Kier molecular flexibility index (Phi) is 3.86. The highest BCUT2D eigenvalue weighted by molar-refractivity contribution is 5.88. The molecule has 2 aromatic heterocycles. The molecule has 6 nitrogen and oxygen atoms in total. The maximum absolute atomic E-state index is 12.1. The molecule has 0 amide bonds. The molecule has 0 saturated carbocycles. The van der Waals surface area contributed by atoms with Crippen LogP contribution in [-0.4, -0.2) is 24.9 Å². The summed E-state index contributed by atoms with van der Waals surface area (Å²) in [7, 11) is 0. The normalized spacial score (nSPS) is 17.9. The zero-order valence-corrected chi connectivity index (χ0v) is 14.1.